The Morgan fingerprint density at radius 3 is 2.80 bits per heavy atom. The fraction of sp³-hybridized carbons (Fsp3) is 0.133. The first-order chi connectivity index (χ1) is 9.54. The molecule has 0 aromatic heterocycles. The van der Waals surface area contributed by atoms with E-state index in [1.165, 1.54) is 23.9 Å². The summed E-state index contributed by atoms with van der Waals surface area (Å²) in [6.45, 7) is 1.90. The Morgan fingerprint density at radius 1 is 1.30 bits per heavy atom. The molecule has 2 rings (SSSR count). The average Bonchev–Trinajstić information content (AvgIpc) is 2.41. The van der Waals surface area contributed by atoms with E-state index in [2.05, 4.69) is 5.32 Å². The number of anilines is 2. The lowest BCUT2D eigenvalue weighted by Gasteiger charge is -2.07. The maximum Gasteiger partial charge on any atom is 0.234 e. The van der Waals surface area contributed by atoms with Crippen molar-refractivity contribution < 1.29 is 9.18 Å². The molecule has 0 spiro atoms. The lowest BCUT2D eigenvalue weighted by molar-refractivity contribution is -0.113. The van der Waals surface area contributed by atoms with Crippen molar-refractivity contribution >= 4 is 29.0 Å². The van der Waals surface area contributed by atoms with Gasteiger partial charge < -0.3 is 11.1 Å². The van der Waals surface area contributed by atoms with Gasteiger partial charge in [-0.3, -0.25) is 4.79 Å². The fourth-order valence-corrected chi connectivity index (χ4v) is 2.36. The normalized spacial score (nSPS) is 10.3. The van der Waals surface area contributed by atoms with E-state index in [1.807, 2.05) is 13.0 Å². The van der Waals surface area contributed by atoms with Crippen LogP contribution in [0.2, 0.25) is 0 Å². The van der Waals surface area contributed by atoms with Gasteiger partial charge in [-0.1, -0.05) is 12.1 Å². The molecule has 3 N–H and O–H groups in total. The quantitative estimate of drug-likeness (QED) is 0.670. The van der Waals surface area contributed by atoms with E-state index in [9.17, 15) is 9.18 Å². The highest BCUT2D eigenvalue weighted by Crippen LogP contribution is 2.20. The Labute approximate surface area is 121 Å². The van der Waals surface area contributed by atoms with Crippen molar-refractivity contribution in [1.82, 2.24) is 0 Å². The molecule has 0 bridgehead atoms. The minimum absolute atomic E-state index is 0.150. The second kappa shape index (κ2) is 6.43. The summed E-state index contributed by atoms with van der Waals surface area (Å²) < 4.78 is 13.0. The highest BCUT2D eigenvalue weighted by molar-refractivity contribution is 8.00. The van der Waals surface area contributed by atoms with Gasteiger partial charge in [0, 0.05) is 16.3 Å². The Hall–Kier alpha value is -2.01. The predicted octanol–water partition coefficient (Wildman–Crippen LogP) is 3.45. The van der Waals surface area contributed by atoms with Gasteiger partial charge in [-0.15, -0.1) is 11.8 Å². The largest absolute Gasteiger partial charge is 0.398 e. The molecular weight excluding hydrogens is 275 g/mol. The number of aryl methyl sites for hydroxylation is 1. The maximum atomic E-state index is 13.0. The fourth-order valence-electron chi connectivity index (χ4n) is 1.62. The summed E-state index contributed by atoms with van der Waals surface area (Å²) in [7, 11) is 0. The molecule has 0 aliphatic heterocycles. The number of carbonyl (C=O) groups is 1. The van der Waals surface area contributed by atoms with Crippen LogP contribution in [0.5, 0.6) is 0 Å². The molecule has 20 heavy (non-hydrogen) atoms. The van der Waals surface area contributed by atoms with Crippen LogP contribution in [0.25, 0.3) is 0 Å². The Balaban J connectivity index is 1.91. The van der Waals surface area contributed by atoms with Crippen LogP contribution in [-0.2, 0) is 4.79 Å². The monoisotopic (exact) mass is 290 g/mol. The van der Waals surface area contributed by atoms with Crippen LogP contribution in [0.1, 0.15) is 5.56 Å². The van der Waals surface area contributed by atoms with Crippen molar-refractivity contribution in [2.75, 3.05) is 16.8 Å². The van der Waals surface area contributed by atoms with Gasteiger partial charge in [0.1, 0.15) is 5.82 Å². The number of hydrogen-bond donors (Lipinski definition) is 2. The molecule has 2 aromatic rings. The maximum absolute atomic E-state index is 13.0. The highest BCUT2D eigenvalue weighted by atomic mass is 32.2. The molecule has 1 amide bonds. The number of rotatable bonds is 4. The van der Waals surface area contributed by atoms with Crippen molar-refractivity contribution in [2.24, 2.45) is 0 Å². The molecule has 0 saturated heterocycles. The summed E-state index contributed by atoms with van der Waals surface area (Å²) in [4.78, 5) is 12.5. The first kappa shape index (κ1) is 14.4. The minimum atomic E-state index is -0.304. The third-order valence-electron chi connectivity index (χ3n) is 2.73. The Bertz CT molecular complexity index is 631. The topological polar surface area (TPSA) is 55.1 Å². The molecule has 3 nitrogen and oxygen atoms in total. The summed E-state index contributed by atoms with van der Waals surface area (Å²) in [5, 5.41) is 2.76. The number of nitrogen functional groups attached to an aromatic ring is 1. The molecule has 2 aromatic carbocycles. The number of halogens is 1. The van der Waals surface area contributed by atoms with E-state index in [-0.39, 0.29) is 17.5 Å². The molecule has 104 valence electrons. The van der Waals surface area contributed by atoms with Crippen LogP contribution in [0.3, 0.4) is 0 Å². The van der Waals surface area contributed by atoms with Gasteiger partial charge in [0.05, 0.1) is 5.75 Å². The zero-order valence-corrected chi connectivity index (χ0v) is 11.8. The number of benzene rings is 2. The molecule has 0 fully saturated rings. The van der Waals surface area contributed by atoms with Gasteiger partial charge >= 0.3 is 0 Å². The van der Waals surface area contributed by atoms with Crippen LogP contribution in [0.4, 0.5) is 15.8 Å². The van der Waals surface area contributed by atoms with E-state index in [1.54, 1.807) is 24.3 Å². The SMILES string of the molecule is Cc1ccc(NC(=O)CSc2cccc(F)c2)cc1N. The second-order valence-electron chi connectivity index (χ2n) is 4.37. The van der Waals surface area contributed by atoms with Crippen molar-refractivity contribution in [1.29, 1.82) is 0 Å². The van der Waals surface area contributed by atoms with Crippen molar-refractivity contribution in [3.8, 4) is 0 Å². The summed E-state index contributed by atoms with van der Waals surface area (Å²) in [6.07, 6.45) is 0. The Kier molecular flexibility index (Phi) is 4.63. The number of nitrogens with one attached hydrogen (secondary N) is 1. The van der Waals surface area contributed by atoms with Gasteiger partial charge in [0.15, 0.2) is 0 Å². The zero-order chi connectivity index (χ0) is 14.5. The smallest absolute Gasteiger partial charge is 0.234 e. The molecule has 0 aliphatic carbocycles. The third kappa shape index (κ3) is 3.99. The second-order valence-corrected chi connectivity index (χ2v) is 5.41. The number of nitrogens with two attached hydrogens (primary N) is 1. The number of thioether (sulfide) groups is 1. The van der Waals surface area contributed by atoms with E-state index in [0.717, 1.165) is 10.5 Å². The average molecular weight is 290 g/mol. The molecule has 0 saturated carbocycles. The van der Waals surface area contributed by atoms with Crippen LogP contribution in [0, 0.1) is 12.7 Å². The van der Waals surface area contributed by atoms with Crippen LogP contribution in [-0.4, -0.2) is 11.7 Å². The van der Waals surface area contributed by atoms with Crippen molar-refractivity contribution in [3.05, 3.63) is 53.8 Å². The van der Waals surface area contributed by atoms with Crippen LogP contribution >= 0.6 is 11.8 Å². The number of hydrogen-bond acceptors (Lipinski definition) is 3. The lowest BCUT2D eigenvalue weighted by Crippen LogP contribution is -2.14. The lowest BCUT2D eigenvalue weighted by atomic mass is 10.2. The number of carbonyl (C=O) groups excluding carboxylic acids is 1. The molecule has 0 unspecified atom stereocenters. The summed E-state index contributed by atoms with van der Waals surface area (Å²) in [5.41, 5.74) is 8.05. The zero-order valence-electron chi connectivity index (χ0n) is 11.0. The molecule has 0 radical (unpaired) electrons. The first-order valence-electron chi connectivity index (χ1n) is 6.09. The standard InChI is InChI=1S/C15H15FN2OS/c1-10-5-6-12(8-14(10)17)18-15(19)9-20-13-4-2-3-11(16)7-13/h2-8H,9,17H2,1H3,(H,18,19). The van der Waals surface area contributed by atoms with Gasteiger partial charge in [-0.25, -0.2) is 4.39 Å². The first-order valence-corrected chi connectivity index (χ1v) is 7.07. The van der Waals surface area contributed by atoms with E-state index < -0.39 is 0 Å². The highest BCUT2D eigenvalue weighted by Gasteiger charge is 2.05. The van der Waals surface area contributed by atoms with Gasteiger partial charge in [0.2, 0.25) is 5.91 Å². The van der Waals surface area contributed by atoms with E-state index in [0.29, 0.717) is 11.4 Å². The molecule has 0 aliphatic rings. The molecule has 0 atom stereocenters. The number of amides is 1. The van der Waals surface area contributed by atoms with E-state index in [4.69, 9.17) is 5.73 Å². The van der Waals surface area contributed by atoms with Crippen LogP contribution < -0.4 is 11.1 Å². The van der Waals surface area contributed by atoms with Crippen molar-refractivity contribution in [3.63, 3.8) is 0 Å². The van der Waals surface area contributed by atoms with Gasteiger partial charge in [0.25, 0.3) is 0 Å². The molecular formula is C15H15FN2OS. The third-order valence-corrected chi connectivity index (χ3v) is 3.72. The van der Waals surface area contributed by atoms with Crippen molar-refractivity contribution in [2.45, 2.75) is 11.8 Å². The summed E-state index contributed by atoms with van der Waals surface area (Å²) in [6, 6.07) is 11.5. The minimum Gasteiger partial charge on any atom is -0.398 e. The predicted molar refractivity (Wildman–Crippen MR) is 81.3 cm³/mol. The van der Waals surface area contributed by atoms with Crippen LogP contribution in [0.15, 0.2) is 47.4 Å². The van der Waals surface area contributed by atoms with Gasteiger partial charge in [-0.2, -0.15) is 0 Å². The summed E-state index contributed by atoms with van der Waals surface area (Å²) in [5.74, 6) is -0.235. The Morgan fingerprint density at radius 2 is 2.10 bits per heavy atom. The molecule has 5 heteroatoms. The molecule has 0 heterocycles. The van der Waals surface area contributed by atoms with E-state index >= 15 is 0 Å². The van der Waals surface area contributed by atoms with Gasteiger partial charge in [-0.05, 0) is 42.8 Å². The summed E-state index contributed by atoms with van der Waals surface area (Å²) >= 11 is 1.29.